The molecule has 0 heterocycles. The summed E-state index contributed by atoms with van der Waals surface area (Å²) in [6, 6.07) is 0. The van der Waals surface area contributed by atoms with Crippen LogP contribution in [-0.4, -0.2) is 17.8 Å². The Morgan fingerprint density at radius 1 is 1.60 bits per heavy atom. The van der Waals surface area contributed by atoms with Gasteiger partial charge < -0.3 is 5.32 Å². The molecule has 0 saturated heterocycles. The fourth-order valence-corrected chi connectivity index (χ4v) is 2.49. The van der Waals surface area contributed by atoms with E-state index in [1.165, 1.54) is 12.8 Å². The number of carbonyl (C=O) groups excluding carboxylic acids is 1. The topological polar surface area (TPSA) is 29.1 Å². The van der Waals surface area contributed by atoms with Gasteiger partial charge >= 0.3 is 0 Å². The van der Waals surface area contributed by atoms with Crippen LogP contribution in [0.2, 0.25) is 0 Å². The molecule has 1 aliphatic carbocycles. The van der Waals surface area contributed by atoms with E-state index in [1.54, 1.807) is 0 Å². The third kappa shape index (κ3) is 3.47. The van der Waals surface area contributed by atoms with Crippen molar-refractivity contribution in [3.05, 3.63) is 0 Å². The van der Waals surface area contributed by atoms with E-state index in [2.05, 4.69) is 42.0 Å². The lowest BCUT2D eigenvalue weighted by molar-refractivity contribution is -0.127. The van der Waals surface area contributed by atoms with Crippen LogP contribution in [0.5, 0.6) is 0 Å². The molecule has 1 fully saturated rings. The second kappa shape index (κ2) is 5.33. The van der Waals surface area contributed by atoms with Gasteiger partial charge in [-0.1, -0.05) is 43.1 Å². The first kappa shape index (κ1) is 13.0. The van der Waals surface area contributed by atoms with Crippen molar-refractivity contribution in [1.29, 1.82) is 0 Å². The highest BCUT2D eigenvalue weighted by molar-refractivity contribution is 9.09. The largest absolute Gasteiger partial charge is 0.356 e. The summed E-state index contributed by atoms with van der Waals surface area (Å²) in [5.74, 6) is 0.990. The quantitative estimate of drug-likeness (QED) is 0.786. The standard InChI is InChI=1S/C12H22BrNO/c1-9(7-13)8-14-11(15)10-5-4-6-12(10,2)3/h9-10H,4-8H2,1-3H3,(H,14,15). The molecule has 0 aliphatic heterocycles. The molecule has 3 heteroatoms. The van der Waals surface area contributed by atoms with Gasteiger partial charge in [-0.15, -0.1) is 0 Å². The van der Waals surface area contributed by atoms with Gasteiger partial charge in [-0.3, -0.25) is 4.79 Å². The van der Waals surface area contributed by atoms with Crippen LogP contribution in [-0.2, 0) is 4.79 Å². The molecule has 2 atom stereocenters. The summed E-state index contributed by atoms with van der Waals surface area (Å²) in [4.78, 5) is 12.0. The lowest BCUT2D eigenvalue weighted by Crippen LogP contribution is -2.38. The Kier molecular flexibility index (Phi) is 4.63. The van der Waals surface area contributed by atoms with Crippen molar-refractivity contribution in [2.45, 2.75) is 40.0 Å². The van der Waals surface area contributed by atoms with Gasteiger partial charge in [0.2, 0.25) is 5.91 Å². The molecule has 2 unspecified atom stereocenters. The van der Waals surface area contributed by atoms with Crippen LogP contribution in [0.1, 0.15) is 40.0 Å². The van der Waals surface area contributed by atoms with Crippen LogP contribution in [0.25, 0.3) is 0 Å². The van der Waals surface area contributed by atoms with Crippen molar-refractivity contribution in [3.63, 3.8) is 0 Å². The minimum atomic E-state index is 0.196. The highest BCUT2D eigenvalue weighted by Gasteiger charge is 2.39. The predicted molar refractivity (Wildman–Crippen MR) is 67.1 cm³/mol. The van der Waals surface area contributed by atoms with Gasteiger partial charge in [0.05, 0.1) is 0 Å². The number of carbonyl (C=O) groups is 1. The molecular formula is C12H22BrNO. The Balaban J connectivity index is 2.40. The third-order valence-corrected chi connectivity index (χ3v) is 4.57. The van der Waals surface area contributed by atoms with E-state index in [1.807, 2.05) is 0 Å². The summed E-state index contributed by atoms with van der Waals surface area (Å²) in [5, 5.41) is 4.01. The molecule has 0 spiro atoms. The van der Waals surface area contributed by atoms with E-state index < -0.39 is 0 Å². The van der Waals surface area contributed by atoms with Crippen LogP contribution >= 0.6 is 15.9 Å². The average Bonchev–Trinajstić information content (AvgIpc) is 2.53. The first-order valence-corrected chi connectivity index (χ1v) is 6.93. The van der Waals surface area contributed by atoms with Crippen LogP contribution in [0, 0.1) is 17.3 Å². The normalized spacial score (nSPS) is 26.3. The van der Waals surface area contributed by atoms with E-state index in [-0.39, 0.29) is 17.2 Å². The molecule has 0 bridgehead atoms. The fraction of sp³-hybridized carbons (Fsp3) is 0.917. The van der Waals surface area contributed by atoms with Gasteiger partial charge in [0, 0.05) is 17.8 Å². The lowest BCUT2D eigenvalue weighted by atomic mass is 9.81. The zero-order chi connectivity index (χ0) is 11.5. The van der Waals surface area contributed by atoms with Crippen molar-refractivity contribution in [3.8, 4) is 0 Å². The number of amides is 1. The smallest absolute Gasteiger partial charge is 0.223 e. The second-order valence-electron chi connectivity index (χ2n) is 5.44. The van der Waals surface area contributed by atoms with E-state index in [9.17, 15) is 4.79 Å². The molecule has 15 heavy (non-hydrogen) atoms. The molecule has 0 aromatic carbocycles. The Morgan fingerprint density at radius 2 is 2.27 bits per heavy atom. The Labute approximate surface area is 101 Å². The fourth-order valence-electron chi connectivity index (χ4n) is 2.27. The highest BCUT2D eigenvalue weighted by Crippen LogP contribution is 2.42. The van der Waals surface area contributed by atoms with Gasteiger partial charge in [-0.2, -0.15) is 0 Å². The molecule has 88 valence electrons. The minimum absolute atomic E-state index is 0.196. The maximum atomic E-state index is 12.0. The second-order valence-corrected chi connectivity index (χ2v) is 6.09. The zero-order valence-corrected chi connectivity index (χ0v) is 11.6. The summed E-state index contributed by atoms with van der Waals surface area (Å²) in [5.41, 5.74) is 0.196. The van der Waals surface area contributed by atoms with E-state index >= 15 is 0 Å². The first-order valence-electron chi connectivity index (χ1n) is 5.81. The lowest BCUT2D eigenvalue weighted by Gasteiger charge is -2.26. The third-order valence-electron chi connectivity index (χ3n) is 3.46. The monoisotopic (exact) mass is 275 g/mol. The van der Waals surface area contributed by atoms with Crippen LogP contribution < -0.4 is 5.32 Å². The maximum absolute atomic E-state index is 12.0. The summed E-state index contributed by atoms with van der Waals surface area (Å²) in [6.07, 6.45) is 3.43. The van der Waals surface area contributed by atoms with Crippen molar-refractivity contribution < 1.29 is 4.79 Å². The highest BCUT2D eigenvalue weighted by atomic mass is 79.9. The van der Waals surface area contributed by atoms with Crippen LogP contribution in [0.4, 0.5) is 0 Å². The minimum Gasteiger partial charge on any atom is -0.356 e. The van der Waals surface area contributed by atoms with Crippen molar-refractivity contribution in [2.75, 3.05) is 11.9 Å². The molecule has 0 radical (unpaired) electrons. The molecule has 1 saturated carbocycles. The van der Waals surface area contributed by atoms with Crippen molar-refractivity contribution in [2.24, 2.45) is 17.3 Å². The predicted octanol–water partition coefficient (Wildman–Crippen LogP) is 2.96. The van der Waals surface area contributed by atoms with Crippen molar-refractivity contribution >= 4 is 21.8 Å². The molecule has 1 N–H and O–H groups in total. The Morgan fingerprint density at radius 3 is 2.73 bits per heavy atom. The summed E-state index contributed by atoms with van der Waals surface area (Å²) >= 11 is 3.42. The van der Waals surface area contributed by atoms with Crippen molar-refractivity contribution in [1.82, 2.24) is 5.32 Å². The summed E-state index contributed by atoms with van der Waals surface area (Å²) in [6.45, 7) is 7.34. The molecule has 1 aliphatic rings. The number of rotatable bonds is 4. The average molecular weight is 276 g/mol. The maximum Gasteiger partial charge on any atom is 0.223 e. The number of hydrogen-bond donors (Lipinski definition) is 1. The zero-order valence-electron chi connectivity index (χ0n) is 9.98. The SMILES string of the molecule is CC(CBr)CNC(=O)C1CCCC1(C)C. The van der Waals surface area contributed by atoms with E-state index in [4.69, 9.17) is 0 Å². The van der Waals surface area contributed by atoms with E-state index in [0.29, 0.717) is 5.92 Å². The molecule has 2 nitrogen and oxygen atoms in total. The molecule has 0 aromatic rings. The Hall–Kier alpha value is -0.0500. The number of alkyl halides is 1. The molecular weight excluding hydrogens is 254 g/mol. The van der Waals surface area contributed by atoms with Gasteiger partial charge in [0.1, 0.15) is 0 Å². The molecule has 0 aromatic heterocycles. The van der Waals surface area contributed by atoms with E-state index in [0.717, 1.165) is 18.3 Å². The van der Waals surface area contributed by atoms with Crippen LogP contribution in [0.15, 0.2) is 0 Å². The number of halogens is 1. The van der Waals surface area contributed by atoms with Gasteiger partial charge in [-0.05, 0) is 24.2 Å². The Bertz CT molecular complexity index is 228. The number of hydrogen-bond acceptors (Lipinski definition) is 1. The van der Waals surface area contributed by atoms with Gasteiger partial charge in [-0.25, -0.2) is 0 Å². The first-order chi connectivity index (χ1) is 6.97. The number of nitrogens with one attached hydrogen (secondary N) is 1. The molecule has 1 rings (SSSR count). The molecule has 1 amide bonds. The van der Waals surface area contributed by atoms with Gasteiger partial charge in [0.15, 0.2) is 0 Å². The summed E-state index contributed by atoms with van der Waals surface area (Å²) in [7, 11) is 0. The van der Waals surface area contributed by atoms with Crippen LogP contribution in [0.3, 0.4) is 0 Å². The van der Waals surface area contributed by atoms with Gasteiger partial charge in [0.25, 0.3) is 0 Å². The summed E-state index contributed by atoms with van der Waals surface area (Å²) < 4.78 is 0.